The lowest BCUT2D eigenvalue weighted by molar-refractivity contribution is 0.0695. The minimum atomic E-state index is -0.918. The molecule has 1 aliphatic rings. The van der Waals surface area contributed by atoms with Gasteiger partial charge in [-0.25, -0.2) is 4.79 Å². The molecule has 1 aromatic carbocycles. The Hall–Kier alpha value is -2.36. The van der Waals surface area contributed by atoms with E-state index in [2.05, 4.69) is 4.98 Å². The Balaban J connectivity index is 2.17. The van der Waals surface area contributed by atoms with Crippen molar-refractivity contribution < 1.29 is 14.6 Å². The van der Waals surface area contributed by atoms with Crippen LogP contribution in [0.2, 0.25) is 0 Å². The van der Waals surface area contributed by atoms with Crippen molar-refractivity contribution in [3.63, 3.8) is 0 Å². The lowest BCUT2D eigenvalue weighted by atomic mass is 9.88. The molecule has 1 aromatic heterocycles. The lowest BCUT2D eigenvalue weighted by Crippen LogP contribution is -2.11. The molecule has 0 saturated carbocycles. The maximum absolute atomic E-state index is 11.2. The molecule has 0 atom stereocenters. The van der Waals surface area contributed by atoms with Crippen LogP contribution in [0.25, 0.3) is 11.3 Å². The van der Waals surface area contributed by atoms with Gasteiger partial charge in [-0.2, -0.15) is 0 Å². The van der Waals surface area contributed by atoms with Crippen LogP contribution in [-0.2, 0) is 12.8 Å². The van der Waals surface area contributed by atoms with Crippen LogP contribution in [0.5, 0.6) is 5.75 Å². The molecule has 1 heterocycles. The van der Waals surface area contributed by atoms with Gasteiger partial charge in [0, 0.05) is 5.56 Å². The van der Waals surface area contributed by atoms with Gasteiger partial charge in [0.1, 0.15) is 5.75 Å². The highest BCUT2D eigenvalue weighted by Gasteiger charge is 2.21. The Morgan fingerprint density at radius 2 is 2.00 bits per heavy atom. The van der Waals surface area contributed by atoms with Crippen molar-refractivity contribution >= 4 is 5.97 Å². The molecule has 1 N–H and O–H groups in total. The average Bonchev–Trinajstić information content (AvgIpc) is 2.45. The van der Waals surface area contributed by atoms with Gasteiger partial charge in [-0.15, -0.1) is 0 Å². The highest BCUT2D eigenvalue weighted by atomic mass is 16.5. The Kier molecular flexibility index (Phi) is 2.93. The van der Waals surface area contributed by atoms with E-state index in [1.165, 1.54) is 5.56 Å². The van der Waals surface area contributed by atoms with Gasteiger partial charge in [0.25, 0.3) is 0 Å². The van der Waals surface area contributed by atoms with Crippen LogP contribution < -0.4 is 4.74 Å². The van der Waals surface area contributed by atoms with E-state index in [4.69, 9.17) is 4.74 Å². The first kappa shape index (κ1) is 12.7. The van der Waals surface area contributed by atoms with Crippen LogP contribution >= 0.6 is 0 Å². The standard InChI is InChI=1S/C16H15NO3/c1-9-14(16(18)19)8-11-4-3-10-7-12(20-2)5-6-13(10)15(11)17-9/h5-8H,3-4H2,1-2H3,(H,18,19). The van der Waals surface area contributed by atoms with Gasteiger partial charge >= 0.3 is 5.97 Å². The smallest absolute Gasteiger partial charge is 0.337 e. The van der Waals surface area contributed by atoms with Crippen molar-refractivity contribution in [2.24, 2.45) is 0 Å². The predicted octanol–water partition coefficient (Wildman–Crippen LogP) is 2.86. The number of carboxylic acids is 1. The fourth-order valence-corrected chi connectivity index (χ4v) is 2.69. The van der Waals surface area contributed by atoms with Gasteiger partial charge in [-0.1, -0.05) is 0 Å². The second-order valence-corrected chi connectivity index (χ2v) is 4.96. The molecule has 0 aliphatic heterocycles. The van der Waals surface area contributed by atoms with E-state index in [9.17, 15) is 9.90 Å². The third-order valence-electron chi connectivity index (χ3n) is 3.75. The first-order chi connectivity index (χ1) is 9.60. The number of fused-ring (bicyclic) bond motifs is 3. The monoisotopic (exact) mass is 269 g/mol. The largest absolute Gasteiger partial charge is 0.497 e. The highest BCUT2D eigenvalue weighted by molar-refractivity contribution is 5.90. The minimum absolute atomic E-state index is 0.292. The number of rotatable bonds is 2. The van der Waals surface area contributed by atoms with Crippen LogP contribution in [-0.4, -0.2) is 23.2 Å². The Morgan fingerprint density at radius 3 is 2.70 bits per heavy atom. The number of aromatic nitrogens is 1. The van der Waals surface area contributed by atoms with Crippen LogP contribution in [0.1, 0.15) is 27.2 Å². The summed E-state index contributed by atoms with van der Waals surface area (Å²) in [6.07, 6.45) is 1.69. The summed E-state index contributed by atoms with van der Waals surface area (Å²) in [6.45, 7) is 1.74. The van der Waals surface area contributed by atoms with Gasteiger partial charge in [-0.05, 0) is 55.2 Å². The molecule has 0 radical (unpaired) electrons. The second-order valence-electron chi connectivity index (χ2n) is 4.96. The Bertz CT molecular complexity index is 707. The first-order valence-electron chi connectivity index (χ1n) is 6.51. The number of carboxylic acid groups (broad SMARTS) is 1. The molecule has 0 unspecified atom stereocenters. The normalized spacial score (nSPS) is 12.5. The quantitative estimate of drug-likeness (QED) is 0.910. The third-order valence-corrected chi connectivity index (χ3v) is 3.75. The van der Waals surface area contributed by atoms with Crippen LogP contribution in [0.15, 0.2) is 24.3 Å². The summed E-state index contributed by atoms with van der Waals surface area (Å²) >= 11 is 0. The van der Waals surface area contributed by atoms with Gasteiger partial charge in [0.05, 0.1) is 24.1 Å². The van der Waals surface area contributed by atoms with Crippen molar-refractivity contribution in [2.75, 3.05) is 7.11 Å². The zero-order valence-corrected chi connectivity index (χ0v) is 11.4. The van der Waals surface area contributed by atoms with E-state index in [0.29, 0.717) is 11.3 Å². The van der Waals surface area contributed by atoms with Crippen LogP contribution in [0.4, 0.5) is 0 Å². The number of aromatic carboxylic acids is 1. The van der Waals surface area contributed by atoms with Crippen LogP contribution in [0.3, 0.4) is 0 Å². The molecule has 0 saturated heterocycles. The van der Waals surface area contributed by atoms with E-state index in [1.807, 2.05) is 18.2 Å². The fourth-order valence-electron chi connectivity index (χ4n) is 2.69. The molecule has 1 aliphatic carbocycles. The SMILES string of the molecule is COc1ccc2c(c1)CCc1cc(C(=O)O)c(C)nc1-2. The first-order valence-corrected chi connectivity index (χ1v) is 6.51. The summed E-state index contributed by atoms with van der Waals surface area (Å²) in [6, 6.07) is 7.70. The Morgan fingerprint density at radius 1 is 1.25 bits per heavy atom. The summed E-state index contributed by atoms with van der Waals surface area (Å²) in [5.41, 5.74) is 5.03. The van der Waals surface area contributed by atoms with E-state index in [0.717, 1.165) is 35.4 Å². The molecule has 102 valence electrons. The zero-order valence-electron chi connectivity index (χ0n) is 11.4. The van der Waals surface area contributed by atoms with Gasteiger partial charge < -0.3 is 9.84 Å². The Labute approximate surface area is 117 Å². The number of aryl methyl sites for hydroxylation is 3. The summed E-state index contributed by atoms with van der Waals surface area (Å²) in [5.74, 6) is -0.0793. The van der Waals surface area contributed by atoms with Crippen molar-refractivity contribution in [3.8, 4) is 17.0 Å². The molecule has 3 rings (SSSR count). The van der Waals surface area contributed by atoms with Crippen LogP contribution in [0, 0.1) is 6.92 Å². The molecule has 0 fully saturated rings. The number of ether oxygens (including phenoxy) is 1. The maximum atomic E-state index is 11.2. The lowest BCUT2D eigenvalue weighted by Gasteiger charge is -2.20. The van der Waals surface area contributed by atoms with Crippen molar-refractivity contribution in [1.29, 1.82) is 0 Å². The molecule has 2 aromatic rings. The molecular weight excluding hydrogens is 254 g/mol. The average molecular weight is 269 g/mol. The number of carbonyl (C=O) groups is 1. The molecule has 4 heteroatoms. The number of hydrogen-bond acceptors (Lipinski definition) is 3. The van der Waals surface area contributed by atoms with Crippen molar-refractivity contribution in [3.05, 3.63) is 46.6 Å². The van der Waals surface area contributed by atoms with Crippen molar-refractivity contribution in [1.82, 2.24) is 4.98 Å². The number of methoxy groups -OCH3 is 1. The van der Waals surface area contributed by atoms with Gasteiger partial charge in [-0.3, -0.25) is 4.98 Å². The number of hydrogen-bond donors (Lipinski definition) is 1. The minimum Gasteiger partial charge on any atom is -0.497 e. The molecule has 20 heavy (non-hydrogen) atoms. The number of nitrogens with zero attached hydrogens (tertiary/aromatic N) is 1. The summed E-state index contributed by atoms with van der Waals surface area (Å²) < 4.78 is 5.24. The maximum Gasteiger partial charge on any atom is 0.337 e. The highest BCUT2D eigenvalue weighted by Crippen LogP contribution is 2.35. The van der Waals surface area contributed by atoms with E-state index >= 15 is 0 Å². The van der Waals surface area contributed by atoms with Gasteiger partial charge in [0.2, 0.25) is 0 Å². The molecule has 0 amide bonds. The summed E-state index contributed by atoms with van der Waals surface area (Å²) in [4.78, 5) is 15.7. The molecule has 0 bridgehead atoms. The molecule has 4 nitrogen and oxygen atoms in total. The third kappa shape index (κ3) is 1.93. The van der Waals surface area contributed by atoms with E-state index in [-0.39, 0.29) is 0 Å². The fraction of sp³-hybridized carbons (Fsp3) is 0.250. The topological polar surface area (TPSA) is 59.4 Å². The summed E-state index contributed by atoms with van der Waals surface area (Å²) in [5, 5.41) is 9.17. The van der Waals surface area contributed by atoms with E-state index < -0.39 is 5.97 Å². The zero-order chi connectivity index (χ0) is 14.3. The number of benzene rings is 1. The second kappa shape index (κ2) is 4.63. The predicted molar refractivity (Wildman–Crippen MR) is 75.3 cm³/mol. The summed E-state index contributed by atoms with van der Waals surface area (Å²) in [7, 11) is 1.65. The molecular formula is C16H15NO3. The van der Waals surface area contributed by atoms with Crippen molar-refractivity contribution in [2.45, 2.75) is 19.8 Å². The van der Waals surface area contributed by atoms with E-state index in [1.54, 1.807) is 20.1 Å². The van der Waals surface area contributed by atoms with Gasteiger partial charge in [0.15, 0.2) is 0 Å². The molecule has 0 spiro atoms. The number of pyridine rings is 1.